The summed E-state index contributed by atoms with van der Waals surface area (Å²) in [5.74, 6) is 1.11. The molecule has 72 valence electrons. The van der Waals surface area contributed by atoms with Crippen LogP contribution in [-0.4, -0.2) is 22.3 Å². The van der Waals surface area contributed by atoms with Crippen molar-refractivity contribution in [1.82, 2.24) is 9.97 Å². The molecule has 0 radical (unpaired) electrons. The number of thioether (sulfide) groups is 1. The molecule has 1 rings (SSSR count). The van der Waals surface area contributed by atoms with Gasteiger partial charge in [0.15, 0.2) is 0 Å². The molecule has 0 atom stereocenters. The third-order valence-electron chi connectivity index (χ3n) is 1.64. The van der Waals surface area contributed by atoms with Crippen LogP contribution in [0.1, 0.15) is 19.3 Å². The van der Waals surface area contributed by atoms with Crippen molar-refractivity contribution >= 4 is 11.8 Å². The van der Waals surface area contributed by atoms with Crippen LogP contribution in [0.3, 0.4) is 0 Å². The summed E-state index contributed by atoms with van der Waals surface area (Å²) in [6.45, 7) is 0.801. The fraction of sp³-hybridized carbons (Fsp3) is 0.556. The van der Waals surface area contributed by atoms with Gasteiger partial charge in [0.1, 0.15) is 5.03 Å². The van der Waals surface area contributed by atoms with E-state index in [1.807, 2.05) is 0 Å². The second-order valence-corrected chi connectivity index (χ2v) is 3.86. The lowest BCUT2D eigenvalue weighted by Gasteiger charge is -1.99. The number of rotatable bonds is 6. The SMILES string of the molecule is NCCCCCSc1cnccn1. The van der Waals surface area contributed by atoms with Gasteiger partial charge in [-0.15, -0.1) is 11.8 Å². The third-order valence-corrected chi connectivity index (χ3v) is 2.64. The Morgan fingerprint density at radius 2 is 2.15 bits per heavy atom. The normalized spacial score (nSPS) is 10.2. The molecule has 1 aromatic rings. The van der Waals surface area contributed by atoms with Crippen molar-refractivity contribution in [2.75, 3.05) is 12.3 Å². The lowest BCUT2D eigenvalue weighted by Crippen LogP contribution is -1.97. The first-order chi connectivity index (χ1) is 6.43. The van der Waals surface area contributed by atoms with Gasteiger partial charge in [-0.1, -0.05) is 6.42 Å². The van der Waals surface area contributed by atoms with Crippen LogP contribution in [0.5, 0.6) is 0 Å². The summed E-state index contributed by atoms with van der Waals surface area (Å²) in [4.78, 5) is 8.17. The quantitative estimate of drug-likeness (QED) is 0.557. The zero-order chi connectivity index (χ0) is 9.36. The van der Waals surface area contributed by atoms with Gasteiger partial charge in [-0.25, -0.2) is 4.98 Å². The summed E-state index contributed by atoms with van der Waals surface area (Å²) in [6, 6.07) is 0. The van der Waals surface area contributed by atoms with E-state index in [1.165, 1.54) is 12.8 Å². The fourth-order valence-corrected chi connectivity index (χ4v) is 1.79. The molecular weight excluding hydrogens is 182 g/mol. The standard InChI is InChI=1S/C9H15N3S/c10-4-2-1-3-7-13-9-8-11-5-6-12-9/h5-6,8H,1-4,7,10H2. The molecule has 0 saturated carbocycles. The number of hydrogen-bond acceptors (Lipinski definition) is 4. The minimum Gasteiger partial charge on any atom is -0.330 e. The van der Waals surface area contributed by atoms with Gasteiger partial charge in [0.2, 0.25) is 0 Å². The van der Waals surface area contributed by atoms with Gasteiger partial charge in [0.25, 0.3) is 0 Å². The Kier molecular flexibility index (Phi) is 5.52. The molecule has 0 aromatic carbocycles. The zero-order valence-electron chi connectivity index (χ0n) is 7.65. The molecule has 0 saturated heterocycles. The van der Waals surface area contributed by atoms with E-state index < -0.39 is 0 Å². The van der Waals surface area contributed by atoms with Gasteiger partial charge < -0.3 is 5.73 Å². The summed E-state index contributed by atoms with van der Waals surface area (Å²) in [5.41, 5.74) is 5.39. The van der Waals surface area contributed by atoms with E-state index in [2.05, 4.69) is 9.97 Å². The Hall–Kier alpha value is -0.610. The van der Waals surface area contributed by atoms with Crippen molar-refractivity contribution in [3.8, 4) is 0 Å². The first-order valence-electron chi connectivity index (χ1n) is 4.52. The maximum atomic E-state index is 5.39. The van der Waals surface area contributed by atoms with Crippen molar-refractivity contribution < 1.29 is 0 Å². The third kappa shape index (κ3) is 4.85. The highest BCUT2D eigenvalue weighted by molar-refractivity contribution is 7.99. The number of aromatic nitrogens is 2. The monoisotopic (exact) mass is 197 g/mol. The van der Waals surface area contributed by atoms with Gasteiger partial charge in [-0.2, -0.15) is 0 Å². The molecule has 1 heterocycles. The van der Waals surface area contributed by atoms with Crippen LogP contribution in [-0.2, 0) is 0 Å². The highest BCUT2D eigenvalue weighted by Crippen LogP contribution is 2.14. The molecular formula is C9H15N3S. The van der Waals surface area contributed by atoms with E-state index in [0.29, 0.717) is 0 Å². The fourth-order valence-electron chi connectivity index (χ4n) is 0.960. The molecule has 4 heteroatoms. The van der Waals surface area contributed by atoms with Crippen LogP contribution >= 0.6 is 11.8 Å². The molecule has 2 N–H and O–H groups in total. The summed E-state index contributed by atoms with van der Waals surface area (Å²) < 4.78 is 0. The lowest BCUT2D eigenvalue weighted by atomic mass is 10.2. The van der Waals surface area contributed by atoms with Crippen LogP contribution < -0.4 is 5.73 Å². The number of unbranched alkanes of at least 4 members (excludes halogenated alkanes) is 2. The molecule has 0 unspecified atom stereocenters. The Bertz CT molecular complexity index is 215. The van der Waals surface area contributed by atoms with Crippen molar-refractivity contribution in [2.45, 2.75) is 24.3 Å². The van der Waals surface area contributed by atoms with Crippen molar-refractivity contribution in [2.24, 2.45) is 5.73 Å². The molecule has 0 fully saturated rings. The van der Waals surface area contributed by atoms with Crippen LogP contribution in [0.25, 0.3) is 0 Å². The zero-order valence-corrected chi connectivity index (χ0v) is 8.46. The van der Waals surface area contributed by atoms with Crippen molar-refractivity contribution in [3.05, 3.63) is 18.6 Å². The Labute approximate surface area is 83.2 Å². The van der Waals surface area contributed by atoms with E-state index >= 15 is 0 Å². The highest BCUT2D eigenvalue weighted by atomic mass is 32.2. The van der Waals surface area contributed by atoms with E-state index in [-0.39, 0.29) is 0 Å². The van der Waals surface area contributed by atoms with Crippen LogP contribution in [0.4, 0.5) is 0 Å². The second kappa shape index (κ2) is 6.86. The summed E-state index contributed by atoms with van der Waals surface area (Å²) in [5, 5.41) is 1.01. The summed E-state index contributed by atoms with van der Waals surface area (Å²) in [7, 11) is 0. The topological polar surface area (TPSA) is 51.8 Å². The maximum absolute atomic E-state index is 5.39. The van der Waals surface area contributed by atoms with E-state index in [9.17, 15) is 0 Å². The van der Waals surface area contributed by atoms with Crippen LogP contribution in [0.15, 0.2) is 23.6 Å². The molecule has 0 aliphatic carbocycles. The highest BCUT2D eigenvalue weighted by Gasteiger charge is 1.93. The van der Waals surface area contributed by atoms with Crippen molar-refractivity contribution in [1.29, 1.82) is 0 Å². The largest absolute Gasteiger partial charge is 0.330 e. The molecule has 0 aliphatic heterocycles. The number of nitrogens with two attached hydrogens (primary N) is 1. The predicted octanol–water partition coefficient (Wildman–Crippen LogP) is 1.70. The molecule has 0 amide bonds. The van der Waals surface area contributed by atoms with E-state index in [4.69, 9.17) is 5.73 Å². The Balaban J connectivity index is 2.07. The molecule has 1 aromatic heterocycles. The van der Waals surface area contributed by atoms with E-state index in [1.54, 1.807) is 30.4 Å². The Morgan fingerprint density at radius 1 is 1.23 bits per heavy atom. The predicted molar refractivity (Wildman–Crippen MR) is 55.7 cm³/mol. The summed E-state index contributed by atoms with van der Waals surface area (Å²) >= 11 is 1.76. The van der Waals surface area contributed by atoms with Gasteiger partial charge in [0, 0.05) is 12.4 Å². The van der Waals surface area contributed by atoms with Gasteiger partial charge in [0.05, 0.1) is 6.20 Å². The second-order valence-electron chi connectivity index (χ2n) is 2.74. The molecule has 0 bridgehead atoms. The smallest absolute Gasteiger partial charge is 0.114 e. The molecule has 0 aliphatic rings. The first kappa shape index (κ1) is 10.5. The lowest BCUT2D eigenvalue weighted by molar-refractivity contribution is 0.732. The minimum absolute atomic E-state index is 0.801. The average Bonchev–Trinajstić information content (AvgIpc) is 2.19. The number of nitrogens with zero attached hydrogens (tertiary/aromatic N) is 2. The summed E-state index contributed by atoms with van der Waals surface area (Å²) in [6.07, 6.45) is 8.76. The molecule has 3 nitrogen and oxygen atoms in total. The Morgan fingerprint density at radius 3 is 2.85 bits per heavy atom. The number of hydrogen-bond donors (Lipinski definition) is 1. The van der Waals surface area contributed by atoms with Gasteiger partial charge in [-0.05, 0) is 25.1 Å². The van der Waals surface area contributed by atoms with E-state index in [0.717, 1.165) is 23.7 Å². The minimum atomic E-state index is 0.801. The maximum Gasteiger partial charge on any atom is 0.114 e. The first-order valence-corrected chi connectivity index (χ1v) is 5.51. The van der Waals surface area contributed by atoms with Crippen LogP contribution in [0, 0.1) is 0 Å². The van der Waals surface area contributed by atoms with Gasteiger partial charge in [-0.3, -0.25) is 4.98 Å². The van der Waals surface area contributed by atoms with Crippen LogP contribution in [0.2, 0.25) is 0 Å². The van der Waals surface area contributed by atoms with Gasteiger partial charge >= 0.3 is 0 Å². The molecule has 0 spiro atoms. The van der Waals surface area contributed by atoms with Crippen molar-refractivity contribution in [3.63, 3.8) is 0 Å². The average molecular weight is 197 g/mol. The molecule has 13 heavy (non-hydrogen) atoms.